The number of amides is 1. The van der Waals surface area contributed by atoms with Crippen LogP contribution >= 0.6 is 34.5 Å². The number of para-hydroxylation sites is 1. The molecule has 1 aromatic heterocycles. The highest BCUT2D eigenvalue weighted by atomic mass is 35.5. The van der Waals surface area contributed by atoms with Gasteiger partial charge in [-0.15, -0.1) is 11.3 Å². The molecular formula is C18H17Cl2NO4S. The number of hydrogen-bond donors (Lipinski definition) is 1. The SMILES string of the molecule is Cc1cc(C(=O)CCC(=O)OCC(=O)Nc2c(Cl)cccc2Cl)c(C)s1. The number of rotatable bonds is 7. The Kier molecular flexibility index (Phi) is 7.20. The molecule has 2 aromatic rings. The molecule has 0 aliphatic rings. The van der Waals surface area contributed by atoms with E-state index >= 15 is 0 Å². The molecule has 1 amide bonds. The molecule has 5 nitrogen and oxygen atoms in total. The van der Waals surface area contributed by atoms with Gasteiger partial charge in [0.05, 0.1) is 22.2 Å². The van der Waals surface area contributed by atoms with Crippen molar-refractivity contribution in [3.63, 3.8) is 0 Å². The zero-order valence-corrected chi connectivity index (χ0v) is 16.6. The summed E-state index contributed by atoms with van der Waals surface area (Å²) in [5.74, 6) is -1.30. The average Bonchev–Trinajstić information content (AvgIpc) is 2.92. The third-order valence-corrected chi connectivity index (χ3v) is 5.08. The van der Waals surface area contributed by atoms with Crippen LogP contribution in [-0.4, -0.2) is 24.3 Å². The third kappa shape index (κ3) is 5.56. The summed E-state index contributed by atoms with van der Waals surface area (Å²) in [5, 5.41) is 3.05. The van der Waals surface area contributed by atoms with Crippen molar-refractivity contribution in [1.29, 1.82) is 0 Å². The molecule has 0 saturated heterocycles. The van der Waals surface area contributed by atoms with Gasteiger partial charge in [0.15, 0.2) is 12.4 Å². The van der Waals surface area contributed by atoms with E-state index in [-0.39, 0.29) is 34.4 Å². The highest BCUT2D eigenvalue weighted by Crippen LogP contribution is 2.29. The first kappa shape index (κ1) is 20.4. The number of ether oxygens (including phenoxy) is 1. The zero-order valence-electron chi connectivity index (χ0n) is 14.2. The van der Waals surface area contributed by atoms with E-state index in [1.165, 1.54) is 11.3 Å². The van der Waals surface area contributed by atoms with Crippen molar-refractivity contribution in [3.05, 3.63) is 49.6 Å². The molecule has 8 heteroatoms. The number of benzene rings is 1. The number of halogens is 2. The quantitative estimate of drug-likeness (QED) is 0.521. The number of anilines is 1. The molecular weight excluding hydrogens is 397 g/mol. The predicted molar refractivity (Wildman–Crippen MR) is 103 cm³/mol. The van der Waals surface area contributed by atoms with Crippen LogP contribution in [0.25, 0.3) is 0 Å². The number of carbonyl (C=O) groups is 3. The summed E-state index contributed by atoms with van der Waals surface area (Å²) >= 11 is 13.4. The molecule has 0 aliphatic carbocycles. The van der Waals surface area contributed by atoms with E-state index < -0.39 is 18.5 Å². The largest absolute Gasteiger partial charge is 0.456 e. The summed E-state index contributed by atoms with van der Waals surface area (Å²) in [6.07, 6.45) is -0.0545. The number of ketones is 1. The van der Waals surface area contributed by atoms with Gasteiger partial charge in [0.2, 0.25) is 0 Å². The molecule has 0 fully saturated rings. The Morgan fingerprint density at radius 3 is 2.35 bits per heavy atom. The lowest BCUT2D eigenvalue weighted by Gasteiger charge is -2.09. The van der Waals surface area contributed by atoms with Gasteiger partial charge in [-0.05, 0) is 32.0 Å². The lowest BCUT2D eigenvalue weighted by molar-refractivity contribution is -0.147. The van der Waals surface area contributed by atoms with Crippen LogP contribution in [0.2, 0.25) is 10.0 Å². The number of thiophene rings is 1. The maximum Gasteiger partial charge on any atom is 0.306 e. The molecule has 0 spiro atoms. The Morgan fingerprint density at radius 2 is 1.77 bits per heavy atom. The lowest BCUT2D eigenvalue weighted by atomic mass is 10.1. The Labute approximate surface area is 165 Å². The fourth-order valence-corrected chi connectivity index (χ4v) is 3.70. The Hall–Kier alpha value is -1.89. The van der Waals surface area contributed by atoms with E-state index in [1.54, 1.807) is 18.2 Å². The van der Waals surface area contributed by atoms with Gasteiger partial charge in [-0.2, -0.15) is 0 Å². The molecule has 0 bridgehead atoms. The van der Waals surface area contributed by atoms with E-state index in [0.717, 1.165) is 9.75 Å². The summed E-state index contributed by atoms with van der Waals surface area (Å²) in [6, 6.07) is 6.62. The number of hydrogen-bond acceptors (Lipinski definition) is 5. The van der Waals surface area contributed by atoms with Gasteiger partial charge >= 0.3 is 5.97 Å². The normalized spacial score (nSPS) is 10.5. The summed E-state index contributed by atoms with van der Waals surface area (Å²) < 4.78 is 4.89. The van der Waals surface area contributed by atoms with Gasteiger partial charge in [-0.25, -0.2) is 0 Å². The number of Topliss-reactive ketones (excluding diaryl/α,β-unsaturated/α-hetero) is 1. The predicted octanol–water partition coefficient (Wildman–Crippen LogP) is 4.82. The van der Waals surface area contributed by atoms with Crippen LogP contribution in [0.4, 0.5) is 5.69 Å². The van der Waals surface area contributed by atoms with E-state index in [0.29, 0.717) is 5.56 Å². The smallest absolute Gasteiger partial charge is 0.306 e. The molecule has 138 valence electrons. The van der Waals surface area contributed by atoms with Crippen LogP contribution in [0.15, 0.2) is 24.3 Å². The van der Waals surface area contributed by atoms with Crippen LogP contribution in [0, 0.1) is 13.8 Å². The maximum absolute atomic E-state index is 12.1. The minimum absolute atomic E-state index is 0.0355. The maximum atomic E-state index is 12.1. The van der Waals surface area contributed by atoms with Crippen molar-refractivity contribution in [3.8, 4) is 0 Å². The van der Waals surface area contributed by atoms with Gasteiger partial charge < -0.3 is 10.1 Å². The molecule has 0 aliphatic heterocycles. The van der Waals surface area contributed by atoms with Gasteiger partial charge in [0.1, 0.15) is 0 Å². The average molecular weight is 414 g/mol. The highest BCUT2D eigenvalue weighted by molar-refractivity contribution is 7.12. The first-order chi connectivity index (χ1) is 12.3. The lowest BCUT2D eigenvalue weighted by Crippen LogP contribution is -2.21. The molecule has 2 rings (SSSR count). The molecule has 1 N–H and O–H groups in total. The summed E-state index contributed by atoms with van der Waals surface area (Å²) in [6.45, 7) is 3.31. The van der Waals surface area contributed by atoms with Gasteiger partial charge in [0, 0.05) is 21.7 Å². The summed E-state index contributed by atoms with van der Waals surface area (Å²) in [7, 11) is 0. The molecule has 1 aromatic carbocycles. The van der Waals surface area contributed by atoms with Crippen molar-refractivity contribution in [2.24, 2.45) is 0 Å². The van der Waals surface area contributed by atoms with Crippen molar-refractivity contribution < 1.29 is 19.1 Å². The third-order valence-electron chi connectivity index (χ3n) is 3.49. The molecule has 0 saturated carbocycles. The Bertz CT molecular complexity index is 827. The van der Waals surface area contributed by atoms with E-state index in [1.807, 2.05) is 19.9 Å². The van der Waals surface area contributed by atoms with E-state index in [4.69, 9.17) is 27.9 Å². The topological polar surface area (TPSA) is 72.5 Å². The molecule has 0 unspecified atom stereocenters. The second-order valence-corrected chi connectivity index (χ2v) is 7.83. The standard InChI is InChI=1S/C18H17Cl2NO4S/c1-10-8-12(11(2)26-10)15(22)6-7-17(24)25-9-16(23)21-18-13(19)4-3-5-14(18)20/h3-5,8H,6-7,9H2,1-2H3,(H,21,23). The fourth-order valence-electron chi connectivity index (χ4n) is 2.27. The summed E-state index contributed by atoms with van der Waals surface area (Å²) in [4.78, 5) is 37.7. The summed E-state index contributed by atoms with van der Waals surface area (Å²) in [5.41, 5.74) is 0.891. The van der Waals surface area contributed by atoms with Crippen molar-refractivity contribution in [1.82, 2.24) is 0 Å². The van der Waals surface area contributed by atoms with Gasteiger partial charge in [-0.3, -0.25) is 14.4 Å². The molecule has 1 heterocycles. The molecule has 0 atom stereocenters. The van der Waals surface area contributed by atoms with Crippen LogP contribution < -0.4 is 5.32 Å². The van der Waals surface area contributed by atoms with Crippen molar-refractivity contribution in [2.75, 3.05) is 11.9 Å². The highest BCUT2D eigenvalue weighted by Gasteiger charge is 2.16. The Morgan fingerprint density at radius 1 is 1.12 bits per heavy atom. The zero-order chi connectivity index (χ0) is 19.3. The fraction of sp³-hybridized carbons (Fsp3) is 0.278. The first-order valence-electron chi connectivity index (χ1n) is 7.77. The second-order valence-electron chi connectivity index (χ2n) is 5.56. The van der Waals surface area contributed by atoms with Crippen molar-refractivity contribution in [2.45, 2.75) is 26.7 Å². The number of aryl methyl sites for hydroxylation is 2. The van der Waals surface area contributed by atoms with Crippen LogP contribution in [-0.2, 0) is 14.3 Å². The monoisotopic (exact) mass is 413 g/mol. The number of nitrogens with one attached hydrogen (secondary N) is 1. The number of esters is 1. The van der Waals surface area contributed by atoms with Crippen LogP contribution in [0.1, 0.15) is 33.0 Å². The van der Waals surface area contributed by atoms with Crippen LogP contribution in [0.3, 0.4) is 0 Å². The van der Waals surface area contributed by atoms with E-state index in [2.05, 4.69) is 5.32 Å². The Balaban J connectivity index is 1.79. The first-order valence-corrected chi connectivity index (χ1v) is 9.35. The van der Waals surface area contributed by atoms with Gasteiger partial charge in [-0.1, -0.05) is 29.3 Å². The minimum atomic E-state index is -0.622. The minimum Gasteiger partial charge on any atom is -0.456 e. The number of carbonyl (C=O) groups excluding carboxylic acids is 3. The second kappa shape index (κ2) is 9.16. The molecule has 26 heavy (non-hydrogen) atoms. The van der Waals surface area contributed by atoms with Crippen LogP contribution in [0.5, 0.6) is 0 Å². The van der Waals surface area contributed by atoms with E-state index in [9.17, 15) is 14.4 Å². The molecule has 0 radical (unpaired) electrons. The van der Waals surface area contributed by atoms with Gasteiger partial charge in [0.25, 0.3) is 5.91 Å². The van der Waals surface area contributed by atoms with Crippen molar-refractivity contribution >= 4 is 57.9 Å².